The number of nitrogens with one attached hydrogen (secondary N) is 1. The first-order valence-electron chi connectivity index (χ1n) is 3.16. The Kier molecular flexibility index (Phi) is 4.02. The van der Waals surface area contributed by atoms with Crippen LogP contribution in [-0.4, -0.2) is 50.1 Å². The molecule has 0 saturated carbocycles. The van der Waals surface area contributed by atoms with Gasteiger partial charge in [-0.3, -0.25) is 19.1 Å². The van der Waals surface area contributed by atoms with E-state index in [0.717, 1.165) is 0 Å². The van der Waals surface area contributed by atoms with Gasteiger partial charge in [-0.1, -0.05) is 5.48 Å². The average molecular weight is 160 g/mol. The highest BCUT2D eigenvalue weighted by Crippen LogP contribution is 1.76. The molecule has 0 fully saturated rings. The van der Waals surface area contributed by atoms with Crippen LogP contribution in [0.1, 0.15) is 0 Å². The molecule has 1 N–H and O–H groups in total. The molecule has 0 aliphatic rings. The van der Waals surface area contributed by atoms with E-state index < -0.39 is 0 Å². The molecule has 0 amide bonds. The van der Waals surface area contributed by atoms with Crippen molar-refractivity contribution in [2.45, 2.75) is 0 Å². The van der Waals surface area contributed by atoms with Crippen LogP contribution in [0.15, 0.2) is 0 Å². The van der Waals surface area contributed by atoms with Crippen molar-refractivity contribution >= 4 is 12.4 Å². The largest absolute Gasteiger partial charge is 0.384 e. The maximum absolute atomic E-state index is 9.82. The molecule has 0 aliphatic carbocycles. The predicted molar refractivity (Wildman–Crippen MR) is 41.1 cm³/mol. The lowest BCUT2D eigenvalue weighted by molar-refractivity contribution is -0.474. The van der Waals surface area contributed by atoms with Gasteiger partial charge in [-0.15, -0.1) is 0 Å². The summed E-state index contributed by atoms with van der Waals surface area (Å²) in [6.45, 7) is 0.340. The van der Waals surface area contributed by atoms with Crippen LogP contribution < -0.4 is 5.48 Å². The highest BCUT2D eigenvalue weighted by atomic mass is 16.7. The first-order valence-corrected chi connectivity index (χ1v) is 3.16. The maximum atomic E-state index is 9.82. The molecule has 0 aliphatic heterocycles. The molecule has 11 heavy (non-hydrogen) atoms. The fraction of sp³-hybridized carbons (Fsp3) is 0.667. The Morgan fingerprint density at radius 1 is 1.55 bits per heavy atom. The van der Waals surface area contributed by atoms with Gasteiger partial charge in [0.2, 0.25) is 0 Å². The maximum Gasteiger partial charge on any atom is 0.384 e. The first kappa shape index (κ1) is 9.74. The summed E-state index contributed by atoms with van der Waals surface area (Å²) in [4.78, 5) is 16.0. The van der Waals surface area contributed by atoms with Gasteiger partial charge in [0.15, 0.2) is 0 Å². The molecule has 0 bridgehead atoms. The minimum Gasteiger partial charge on any atom is -0.290 e. The topological polar surface area (TPSA) is 44.6 Å². The van der Waals surface area contributed by atoms with Gasteiger partial charge in [0.1, 0.15) is 0 Å². The smallest absolute Gasteiger partial charge is 0.290 e. The van der Waals surface area contributed by atoms with Crippen molar-refractivity contribution in [3.05, 3.63) is 0 Å². The van der Waals surface area contributed by atoms with E-state index in [4.69, 9.17) is 0 Å². The quantitative estimate of drug-likeness (QED) is 0.182. The van der Waals surface area contributed by atoms with Crippen LogP contribution in [0.2, 0.25) is 0 Å². The number of hydrogen-bond donors (Lipinski definition) is 1. The van der Waals surface area contributed by atoms with Crippen LogP contribution in [0.25, 0.3) is 0 Å². The Hall–Kier alpha value is -1.26. The van der Waals surface area contributed by atoms with Crippen LogP contribution in [0.3, 0.4) is 0 Å². The lowest BCUT2D eigenvalue weighted by atomic mass is 10.8. The Bertz CT molecular complexity index is 161. The Morgan fingerprint density at radius 3 is 2.36 bits per heavy atom. The third kappa shape index (κ3) is 3.44. The molecule has 5 nitrogen and oxygen atoms in total. The first-order chi connectivity index (χ1) is 5.09. The van der Waals surface area contributed by atoms with Crippen molar-refractivity contribution in [2.24, 2.45) is 0 Å². The van der Waals surface area contributed by atoms with E-state index in [1.54, 1.807) is 9.48 Å². The third-order valence-electron chi connectivity index (χ3n) is 1.05. The van der Waals surface area contributed by atoms with Crippen LogP contribution in [0, 0.1) is 0 Å². The minimum atomic E-state index is 0.340. The van der Waals surface area contributed by atoms with Crippen molar-refractivity contribution in [1.29, 1.82) is 0 Å². The third-order valence-corrected chi connectivity index (χ3v) is 1.05. The van der Waals surface area contributed by atoms with Crippen molar-refractivity contribution < 1.29 is 14.2 Å². The molecular weight excluding hydrogens is 146 g/mol. The molecule has 0 heterocycles. The molecule has 0 aromatic heterocycles. The SMILES string of the molecule is CN(C)C(NOC=O)=[N+](C)C. The van der Waals surface area contributed by atoms with Crippen molar-refractivity contribution in [1.82, 2.24) is 10.4 Å². The summed E-state index contributed by atoms with van der Waals surface area (Å²) in [5.74, 6) is 0.706. The lowest BCUT2D eigenvalue weighted by Gasteiger charge is -2.09. The van der Waals surface area contributed by atoms with E-state index in [0.29, 0.717) is 12.4 Å². The zero-order chi connectivity index (χ0) is 8.85. The molecule has 0 spiro atoms. The average Bonchev–Trinajstić information content (AvgIpc) is 1.87. The number of nitrogens with zero attached hydrogens (tertiary/aromatic N) is 2. The number of carbonyl (C=O) groups is 1. The predicted octanol–water partition coefficient (Wildman–Crippen LogP) is -1.15. The molecule has 0 aromatic rings. The molecule has 0 atom stereocenters. The van der Waals surface area contributed by atoms with Crippen LogP contribution in [0.5, 0.6) is 0 Å². The monoisotopic (exact) mass is 160 g/mol. The molecule has 0 saturated heterocycles. The molecule has 64 valence electrons. The summed E-state index contributed by atoms with van der Waals surface area (Å²) >= 11 is 0. The zero-order valence-corrected chi connectivity index (χ0v) is 7.29. The van der Waals surface area contributed by atoms with Gasteiger partial charge < -0.3 is 0 Å². The summed E-state index contributed by atoms with van der Waals surface area (Å²) in [5, 5.41) is 0. The summed E-state index contributed by atoms with van der Waals surface area (Å²) in [6, 6.07) is 0. The number of rotatable bonds is 2. The van der Waals surface area contributed by atoms with Gasteiger partial charge in [0.05, 0.1) is 28.2 Å². The fourth-order valence-electron chi connectivity index (χ4n) is 0.659. The van der Waals surface area contributed by atoms with E-state index >= 15 is 0 Å². The summed E-state index contributed by atoms with van der Waals surface area (Å²) < 4.78 is 1.80. The standard InChI is InChI=1S/C6H13N3O2/c1-8(2)6(9(3)4)7-11-5-10/h5H,1-4H3/p+1. The van der Waals surface area contributed by atoms with Crippen molar-refractivity contribution in [2.75, 3.05) is 28.2 Å². The van der Waals surface area contributed by atoms with Gasteiger partial charge in [-0.05, 0) is 0 Å². The van der Waals surface area contributed by atoms with Gasteiger partial charge >= 0.3 is 12.4 Å². The Balaban J connectivity index is 4.13. The van der Waals surface area contributed by atoms with Gasteiger partial charge in [0, 0.05) is 0 Å². The molecule has 0 rings (SSSR count). The van der Waals surface area contributed by atoms with Gasteiger partial charge in [0.25, 0.3) is 0 Å². The molecule has 0 aromatic carbocycles. The molecular formula is C6H14N3O2+. The van der Waals surface area contributed by atoms with E-state index in [-0.39, 0.29) is 0 Å². The van der Waals surface area contributed by atoms with Gasteiger partial charge in [-0.2, -0.15) is 0 Å². The van der Waals surface area contributed by atoms with Crippen LogP contribution in [-0.2, 0) is 9.63 Å². The number of hydroxylamine groups is 1. The molecule has 0 unspecified atom stereocenters. The summed E-state index contributed by atoms with van der Waals surface area (Å²) in [6.07, 6.45) is 0. The Morgan fingerprint density at radius 2 is 2.09 bits per heavy atom. The number of guanidine groups is 1. The highest BCUT2D eigenvalue weighted by molar-refractivity contribution is 5.73. The number of carbonyl (C=O) groups excluding carboxylic acids is 1. The fourth-order valence-corrected chi connectivity index (χ4v) is 0.659. The second-order valence-corrected chi connectivity index (χ2v) is 2.43. The minimum absolute atomic E-state index is 0.340. The van der Waals surface area contributed by atoms with E-state index in [1.165, 1.54) is 0 Å². The van der Waals surface area contributed by atoms with Crippen molar-refractivity contribution in [3.8, 4) is 0 Å². The van der Waals surface area contributed by atoms with E-state index in [9.17, 15) is 4.79 Å². The summed E-state index contributed by atoms with van der Waals surface area (Å²) in [7, 11) is 7.37. The molecule has 5 heteroatoms. The molecule has 0 radical (unpaired) electrons. The van der Waals surface area contributed by atoms with Gasteiger partial charge in [-0.25, -0.2) is 0 Å². The van der Waals surface area contributed by atoms with Crippen LogP contribution >= 0.6 is 0 Å². The summed E-state index contributed by atoms with van der Waals surface area (Å²) in [5.41, 5.74) is 2.47. The van der Waals surface area contributed by atoms with E-state index in [1.807, 2.05) is 28.2 Å². The number of hydrogen-bond acceptors (Lipinski definition) is 2. The second-order valence-electron chi connectivity index (χ2n) is 2.43. The van der Waals surface area contributed by atoms with Crippen molar-refractivity contribution in [3.63, 3.8) is 0 Å². The second kappa shape index (κ2) is 4.54. The lowest BCUT2D eigenvalue weighted by Crippen LogP contribution is -2.41. The zero-order valence-electron chi connectivity index (χ0n) is 7.29. The van der Waals surface area contributed by atoms with Crippen LogP contribution in [0.4, 0.5) is 0 Å². The normalized spacial score (nSPS) is 8.36. The van der Waals surface area contributed by atoms with E-state index in [2.05, 4.69) is 10.3 Å². The Labute approximate surface area is 66.2 Å². The highest BCUT2D eigenvalue weighted by Gasteiger charge is 2.10.